The van der Waals surface area contributed by atoms with Gasteiger partial charge in [-0.15, -0.1) is 0 Å². The molecule has 0 aromatic heterocycles. The molecule has 1 aromatic rings. The lowest BCUT2D eigenvalue weighted by atomic mass is 10.0. The first-order chi connectivity index (χ1) is 8.48. The average molecular weight is 257 g/mol. The Balaban J connectivity index is 2.16. The van der Waals surface area contributed by atoms with Crippen molar-refractivity contribution >= 4 is 0 Å². The van der Waals surface area contributed by atoms with Crippen LogP contribution in [0.15, 0.2) is 30.3 Å². The molecule has 4 heteroatoms. The summed E-state index contributed by atoms with van der Waals surface area (Å²) in [5.74, 6) is 0.318. The number of halogens is 3. The van der Waals surface area contributed by atoms with Gasteiger partial charge in [0.05, 0.1) is 0 Å². The molecule has 1 saturated carbocycles. The summed E-state index contributed by atoms with van der Waals surface area (Å²) < 4.78 is 39.4. The number of hydrogen-bond donors (Lipinski definition) is 1. The average Bonchev–Trinajstić information content (AvgIpc) is 2.71. The molecule has 100 valence electrons. The van der Waals surface area contributed by atoms with Gasteiger partial charge in [0.1, 0.15) is 6.04 Å². The lowest BCUT2D eigenvalue weighted by Crippen LogP contribution is -2.41. The molecule has 1 aromatic carbocycles. The Kier molecular flexibility index (Phi) is 3.95. The highest BCUT2D eigenvalue weighted by molar-refractivity contribution is 5.20. The van der Waals surface area contributed by atoms with E-state index in [2.05, 4.69) is 5.32 Å². The van der Waals surface area contributed by atoms with E-state index >= 15 is 0 Å². The van der Waals surface area contributed by atoms with Gasteiger partial charge in [-0.2, -0.15) is 13.2 Å². The fourth-order valence-corrected chi connectivity index (χ4v) is 2.63. The lowest BCUT2D eigenvalue weighted by molar-refractivity contribution is -0.160. The van der Waals surface area contributed by atoms with Crippen molar-refractivity contribution in [3.05, 3.63) is 35.9 Å². The van der Waals surface area contributed by atoms with E-state index in [0.29, 0.717) is 11.5 Å². The molecule has 0 aliphatic heterocycles. The van der Waals surface area contributed by atoms with Gasteiger partial charge in [-0.05, 0) is 24.3 Å². The molecule has 3 unspecified atom stereocenters. The molecule has 0 saturated heterocycles. The van der Waals surface area contributed by atoms with Crippen molar-refractivity contribution in [2.45, 2.75) is 44.4 Å². The van der Waals surface area contributed by atoms with Crippen molar-refractivity contribution in [1.29, 1.82) is 0 Å². The molecule has 1 N–H and O–H groups in total. The first-order valence-corrected chi connectivity index (χ1v) is 6.36. The molecular formula is C14H18F3N. The van der Waals surface area contributed by atoms with E-state index in [9.17, 15) is 13.2 Å². The summed E-state index contributed by atoms with van der Waals surface area (Å²) in [5.41, 5.74) is 0.295. The third kappa shape index (κ3) is 3.05. The maximum Gasteiger partial charge on any atom is 0.407 e. The van der Waals surface area contributed by atoms with E-state index in [-0.39, 0.29) is 6.04 Å². The molecule has 0 spiro atoms. The minimum Gasteiger partial charge on any atom is -0.299 e. The highest BCUT2D eigenvalue weighted by atomic mass is 19.4. The van der Waals surface area contributed by atoms with E-state index in [1.807, 2.05) is 6.92 Å². The van der Waals surface area contributed by atoms with Gasteiger partial charge in [-0.25, -0.2) is 0 Å². The second-order valence-corrected chi connectivity index (χ2v) is 5.07. The Labute approximate surface area is 105 Å². The van der Waals surface area contributed by atoms with E-state index < -0.39 is 12.2 Å². The van der Waals surface area contributed by atoms with Gasteiger partial charge < -0.3 is 0 Å². The molecular weight excluding hydrogens is 239 g/mol. The monoisotopic (exact) mass is 257 g/mol. The van der Waals surface area contributed by atoms with Crippen LogP contribution in [0.5, 0.6) is 0 Å². The Morgan fingerprint density at radius 3 is 2.33 bits per heavy atom. The van der Waals surface area contributed by atoms with Gasteiger partial charge >= 0.3 is 6.18 Å². The zero-order valence-corrected chi connectivity index (χ0v) is 10.4. The van der Waals surface area contributed by atoms with Gasteiger partial charge in [0, 0.05) is 6.04 Å². The molecule has 1 fully saturated rings. The zero-order chi connectivity index (χ0) is 13.2. The van der Waals surface area contributed by atoms with Gasteiger partial charge in [0.15, 0.2) is 0 Å². The molecule has 2 rings (SSSR count). The summed E-state index contributed by atoms with van der Waals surface area (Å²) in [6.07, 6.45) is -1.39. The number of rotatable bonds is 3. The van der Waals surface area contributed by atoms with Crippen LogP contribution in [0.1, 0.15) is 37.8 Å². The second-order valence-electron chi connectivity index (χ2n) is 5.07. The molecule has 1 aliphatic rings. The maximum atomic E-state index is 13.1. The third-order valence-corrected chi connectivity index (χ3v) is 3.70. The minimum absolute atomic E-state index is 0.0307. The quantitative estimate of drug-likeness (QED) is 0.860. The van der Waals surface area contributed by atoms with Crippen LogP contribution in [0, 0.1) is 5.92 Å². The van der Waals surface area contributed by atoms with E-state index in [0.717, 1.165) is 19.3 Å². The van der Waals surface area contributed by atoms with E-state index in [4.69, 9.17) is 0 Å². The smallest absolute Gasteiger partial charge is 0.299 e. The summed E-state index contributed by atoms with van der Waals surface area (Å²) >= 11 is 0. The molecule has 0 amide bonds. The minimum atomic E-state index is -4.25. The van der Waals surface area contributed by atoms with E-state index in [1.165, 1.54) is 12.1 Å². The van der Waals surface area contributed by atoms with Crippen LogP contribution in [-0.4, -0.2) is 12.2 Å². The molecule has 18 heavy (non-hydrogen) atoms. The fraction of sp³-hybridized carbons (Fsp3) is 0.571. The molecule has 1 nitrogen and oxygen atoms in total. The van der Waals surface area contributed by atoms with Gasteiger partial charge in [-0.3, -0.25) is 5.32 Å². The standard InChI is InChI=1S/C14H18F3N/c1-10-6-5-9-12(10)18-13(14(15,16)17)11-7-3-2-4-8-11/h2-4,7-8,10,12-13,18H,5-6,9H2,1H3. The number of hydrogen-bond acceptors (Lipinski definition) is 1. The van der Waals surface area contributed by atoms with Crippen LogP contribution in [0.2, 0.25) is 0 Å². The summed E-state index contributed by atoms with van der Waals surface area (Å²) in [4.78, 5) is 0. The SMILES string of the molecule is CC1CCCC1NC(c1ccccc1)C(F)(F)F. The molecule has 3 atom stereocenters. The summed E-state index contributed by atoms with van der Waals surface area (Å²) in [6.45, 7) is 2.02. The Hall–Kier alpha value is -1.03. The highest BCUT2D eigenvalue weighted by Crippen LogP contribution is 2.35. The molecule has 0 radical (unpaired) electrons. The van der Waals surface area contributed by atoms with Crippen molar-refractivity contribution in [2.24, 2.45) is 5.92 Å². The summed E-state index contributed by atoms with van der Waals surface area (Å²) in [7, 11) is 0. The van der Waals surface area contributed by atoms with Gasteiger partial charge in [-0.1, -0.05) is 43.7 Å². The number of nitrogens with one attached hydrogen (secondary N) is 1. The van der Waals surface area contributed by atoms with E-state index in [1.54, 1.807) is 18.2 Å². The maximum absolute atomic E-state index is 13.1. The predicted octanol–water partition coefficient (Wildman–Crippen LogP) is 4.07. The van der Waals surface area contributed by atoms with Crippen LogP contribution in [0.3, 0.4) is 0 Å². The first-order valence-electron chi connectivity index (χ1n) is 6.36. The molecule has 0 bridgehead atoms. The largest absolute Gasteiger partial charge is 0.407 e. The normalized spacial score (nSPS) is 26.2. The van der Waals surface area contributed by atoms with Crippen molar-refractivity contribution in [3.63, 3.8) is 0 Å². The number of benzene rings is 1. The van der Waals surface area contributed by atoms with Crippen LogP contribution >= 0.6 is 0 Å². The lowest BCUT2D eigenvalue weighted by Gasteiger charge is -2.27. The van der Waals surface area contributed by atoms with Crippen LogP contribution in [0.25, 0.3) is 0 Å². The van der Waals surface area contributed by atoms with Gasteiger partial charge in [0.25, 0.3) is 0 Å². The molecule has 1 aliphatic carbocycles. The number of alkyl halides is 3. The van der Waals surface area contributed by atoms with Crippen LogP contribution in [0.4, 0.5) is 13.2 Å². The fourth-order valence-electron chi connectivity index (χ4n) is 2.63. The van der Waals surface area contributed by atoms with Crippen LogP contribution < -0.4 is 5.32 Å². The topological polar surface area (TPSA) is 12.0 Å². The third-order valence-electron chi connectivity index (χ3n) is 3.70. The Morgan fingerprint density at radius 1 is 1.17 bits per heavy atom. The molecule has 0 heterocycles. The van der Waals surface area contributed by atoms with Gasteiger partial charge in [0.2, 0.25) is 0 Å². The zero-order valence-electron chi connectivity index (χ0n) is 10.4. The van der Waals surface area contributed by atoms with Crippen molar-refractivity contribution < 1.29 is 13.2 Å². The highest BCUT2D eigenvalue weighted by Gasteiger charge is 2.42. The summed E-state index contributed by atoms with van der Waals surface area (Å²) in [6, 6.07) is 6.51. The first kappa shape index (κ1) is 13.4. The Morgan fingerprint density at radius 2 is 1.83 bits per heavy atom. The summed E-state index contributed by atoms with van der Waals surface area (Å²) in [5, 5.41) is 2.80. The van der Waals surface area contributed by atoms with Crippen LogP contribution in [-0.2, 0) is 0 Å². The van der Waals surface area contributed by atoms with Crippen molar-refractivity contribution in [2.75, 3.05) is 0 Å². The Bertz CT molecular complexity index is 374. The van der Waals surface area contributed by atoms with Crippen molar-refractivity contribution in [1.82, 2.24) is 5.32 Å². The van der Waals surface area contributed by atoms with Crippen molar-refractivity contribution in [3.8, 4) is 0 Å². The second kappa shape index (κ2) is 5.31. The predicted molar refractivity (Wildman–Crippen MR) is 65.2 cm³/mol.